The predicted molar refractivity (Wildman–Crippen MR) is 61.6 cm³/mol. The van der Waals surface area contributed by atoms with Crippen LogP contribution in [-0.2, 0) is 6.54 Å². The summed E-state index contributed by atoms with van der Waals surface area (Å²) in [5.41, 5.74) is 7.22. The number of hydrogen-bond donors (Lipinski definition) is 1. The molecule has 1 aromatic heterocycles. The van der Waals surface area contributed by atoms with Crippen LogP contribution in [0.2, 0.25) is 0 Å². The molecule has 0 aromatic carbocycles. The number of amidine groups is 1. The molecule has 1 fully saturated rings. The van der Waals surface area contributed by atoms with Crippen molar-refractivity contribution in [3.8, 4) is 0 Å². The van der Waals surface area contributed by atoms with Gasteiger partial charge in [0.25, 0.3) is 0 Å². The Morgan fingerprint density at radius 1 is 1.50 bits per heavy atom. The van der Waals surface area contributed by atoms with Crippen molar-refractivity contribution >= 4 is 17.2 Å². The molecule has 0 unspecified atom stereocenters. The van der Waals surface area contributed by atoms with Crippen LogP contribution >= 0.6 is 11.3 Å². The maximum Gasteiger partial charge on any atom is 0.0972 e. The minimum atomic E-state index is 0.564. The van der Waals surface area contributed by atoms with E-state index in [-0.39, 0.29) is 0 Å². The van der Waals surface area contributed by atoms with E-state index in [1.807, 2.05) is 0 Å². The summed E-state index contributed by atoms with van der Waals surface area (Å²) in [5.74, 6) is 1.43. The summed E-state index contributed by atoms with van der Waals surface area (Å²) >= 11 is 1.71. The van der Waals surface area contributed by atoms with E-state index in [1.165, 1.54) is 31.2 Å². The molecule has 1 aromatic rings. The van der Waals surface area contributed by atoms with Crippen molar-refractivity contribution in [3.05, 3.63) is 22.4 Å². The molecule has 0 bridgehead atoms. The van der Waals surface area contributed by atoms with Gasteiger partial charge in [-0.2, -0.15) is 11.3 Å². The maximum atomic E-state index is 5.95. The zero-order valence-corrected chi connectivity index (χ0v) is 9.09. The second-order valence-electron chi connectivity index (χ2n) is 3.85. The van der Waals surface area contributed by atoms with Crippen molar-refractivity contribution in [2.75, 3.05) is 0 Å². The lowest BCUT2D eigenvalue weighted by molar-refractivity contribution is 0.715. The summed E-state index contributed by atoms with van der Waals surface area (Å²) in [5, 5.41) is 4.21. The molecule has 14 heavy (non-hydrogen) atoms. The molecule has 0 atom stereocenters. The highest BCUT2D eigenvalue weighted by Gasteiger charge is 2.17. The van der Waals surface area contributed by atoms with E-state index in [4.69, 9.17) is 5.73 Å². The summed E-state index contributed by atoms with van der Waals surface area (Å²) in [6.45, 7) is 0.756. The molecule has 1 aliphatic rings. The summed E-state index contributed by atoms with van der Waals surface area (Å²) in [6, 6.07) is 2.11. The van der Waals surface area contributed by atoms with Gasteiger partial charge in [-0.25, -0.2) is 0 Å². The number of rotatable bonds is 3. The highest BCUT2D eigenvalue weighted by Crippen LogP contribution is 2.24. The Balaban J connectivity index is 1.90. The molecule has 0 aliphatic heterocycles. The van der Waals surface area contributed by atoms with Crippen LogP contribution in [0.3, 0.4) is 0 Å². The molecule has 0 amide bonds. The summed E-state index contributed by atoms with van der Waals surface area (Å²) < 4.78 is 0. The number of aliphatic imine (C=N–C) groups is 1. The van der Waals surface area contributed by atoms with Crippen LogP contribution in [0, 0.1) is 5.92 Å². The van der Waals surface area contributed by atoms with Gasteiger partial charge in [-0.05, 0) is 35.2 Å². The maximum absolute atomic E-state index is 5.95. The summed E-state index contributed by atoms with van der Waals surface area (Å²) in [6.07, 6.45) is 5.11. The molecule has 2 N–H and O–H groups in total. The molecule has 1 aliphatic carbocycles. The third-order valence-corrected chi connectivity index (χ3v) is 3.53. The minimum absolute atomic E-state index is 0.564. The van der Waals surface area contributed by atoms with E-state index >= 15 is 0 Å². The topological polar surface area (TPSA) is 38.4 Å². The fraction of sp³-hybridized carbons (Fsp3) is 0.545. The van der Waals surface area contributed by atoms with Gasteiger partial charge in [0.2, 0.25) is 0 Å². The molecule has 1 heterocycles. The molecule has 2 rings (SSSR count). The fourth-order valence-corrected chi connectivity index (χ4v) is 2.58. The lowest BCUT2D eigenvalue weighted by atomic mass is 10.1. The van der Waals surface area contributed by atoms with Crippen molar-refractivity contribution in [2.45, 2.75) is 32.2 Å². The first-order valence-electron chi connectivity index (χ1n) is 5.17. The molecular formula is C11H16N2S. The highest BCUT2D eigenvalue weighted by molar-refractivity contribution is 7.07. The molecule has 0 radical (unpaired) electrons. The zero-order valence-electron chi connectivity index (χ0n) is 8.28. The lowest BCUT2D eigenvalue weighted by Crippen LogP contribution is -2.21. The van der Waals surface area contributed by atoms with Crippen LogP contribution in [0.1, 0.15) is 31.2 Å². The highest BCUT2D eigenvalue weighted by atomic mass is 32.1. The SMILES string of the molecule is NC(=NCc1ccsc1)C1CCCC1. The van der Waals surface area contributed by atoms with Crippen molar-refractivity contribution in [1.29, 1.82) is 0 Å². The van der Waals surface area contributed by atoms with Gasteiger partial charge in [0.1, 0.15) is 0 Å². The Morgan fingerprint density at radius 2 is 2.29 bits per heavy atom. The van der Waals surface area contributed by atoms with Gasteiger partial charge < -0.3 is 5.73 Å². The summed E-state index contributed by atoms with van der Waals surface area (Å²) in [7, 11) is 0. The van der Waals surface area contributed by atoms with E-state index in [9.17, 15) is 0 Å². The fourth-order valence-electron chi connectivity index (χ4n) is 1.92. The normalized spacial score (nSPS) is 19.0. The van der Waals surface area contributed by atoms with E-state index < -0.39 is 0 Å². The second kappa shape index (κ2) is 4.60. The van der Waals surface area contributed by atoms with Gasteiger partial charge in [-0.1, -0.05) is 12.8 Å². The van der Waals surface area contributed by atoms with Gasteiger partial charge in [-0.3, -0.25) is 4.99 Å². The van der Waals surface area contributed by atoms with Crippen LogP contribution in [0.5, 0.6) is 0 Å². The Kier molecular flexibility index (Phi) is 3.19. The molecule has 0 spiro atoms. The zero-order chi connectivity index (χ0) is 9.80. The Bertz CT molecular complexity index is 297. The van der Waals surface area contributed by atoms with Gasteiger partial charge >= 0.3 is 0 Å². The lowest BCUT2D eigenvalue weighted by Gasteiger charge is -2.07. The van der Waals surface area contributed by atoms with Crippen molar-refractivity contribution in [3.63, 3.8) is 0 Å². The number of nitrogens with two attached hydrogens (primary N) is 1. The van der Waals surface area contributed by atoms with Crippen LogP contribution in [-0.4, -0.2) is 5.84 Å². The van der Waals surface area contributed by atoms with Gasteiger partial charge in [0.05, 0.1) is 12.4 Å². The third-order valence-electron chi connectivity index (χ3n) is 2.80. The van der Waals surface area contributed by atoms with Gasteiger partial charge in [-0.15, -0.1) is 0 Å². The minimum Gasteiger partial charge on any atom is -0.387 e. The average Bonchev–Trinajstić information content (AvgIpc) is 2.87. The molecular weight excluding hydrogens is 192 g/mol. The molecule has 2 nitrogen and oxygen atoms in total. The van der Waals surface area contributed by atoms with E-state index in [1.54, 1.807) is 11.3 Å². The molecule has 1 saturated carbocycles. The van der Waals surface area contributed by atoms with Crippen LogP contribution in [0.25, 0.3) is 0 Å². The first-order chi connectivity index (χ1) is 6.86. The van der Waals surface area contributed by atoms with Crippen molar-refractivity contribution in [2.24, 2.45) is 16.6 Å². The summed E-state index contributed by atoms with van der Waals surface area (Å²) in [4.78, 5) is 4.45. The first-order valence-corrected chi connectivity index (χ1v) is 6.11. The first kappa shape index (κ1) is 9.71. The van der Waals surface area contributed by atoms with Crippen LogP contribution in [0.15, 0.2) is 21.8 Å². The quantitative estimate of drug-likeness (QED) is 0.602. The van der Waals surface area contributed by atoms with E-state index in [0.29, 0.717) is 5.92 Å². The van der Waals surface area contributed by atoms with Crippen LogP contribution in [0.4, 0.5) is 0 Å². The predicted octanol–water partition coefficient (Wildman–Crippen LogP) is 2.80. The van der Waals surface area contributed by atoms with Gasteiger partial charge in [0, 0.05) is 5.92 Å². The average molecular weight is 208 g/mol. The van der Waals surface area contributed by atoms with E-state index in [2.05, 4.69) is 21.8 Å². The van der Waals surface area contributed by atoms with E-state index in [0.717, 1.165) is 12.4 Å². The second-order valence-corrected chi connectivity index (χ2v) is 4.63. The largest absolute Gasteiger partial charge is 0.387 e. The monoisotopic (exact) mass is 208 g/mol. The smallest absolute Gasteiger partial charge is 0.0972 e. The molecule has 76 valence electrons. The Morgan fingerprint density at radius 3 is 2.93 bits per heavy atom. The van der Waals surface area contributed by atoms with Crippen LogP contribution < -0.4 is 5.73 Å². The van der Waals surface area contributed by atoms with Gasteiger partial charge in [0.15, 0.2) is 0 Å². The number of nitrogens with zero attached hydrogens (tertiary/aromatic N) is 1. The van der Waals surface area contributed by atoms with Crippen molar-refractivity contribution < 1.29 is 0 Å². The Labute approximate surface area is 88.9 Å². The van der Waals surface area contributed by atoms with Crippen molar-refractivity contribution in [1.82, 2.24) is 0 Å². The molecule has 0 saturated heterocycles. The number of hydrogen-bond acceptors (Lipinski definition) is 2. The number of thiophene rings is 1. The third kappa shape index (κ3) is 2.35. The Hall–Kier alpha value is -0.830. The molecule has 3 heteroatoms. The standard InChI is InChI=1S/C11H16N2S/c12-11(10-3-1-2-4-10)13-7-9-5-6-14-8-9/h5-6,8,10H,1-4,7H2,(H2,12,13).